The third kappa shape index (κ3) is 5.48. The van der Waals surface area contributed by atoms with Crippen LogP contribution < -0.4 is 11.2 Å². The van der Waals surface area contributed by atoms with Crippen LogP contribution >= 0.6 is 0 Å². The second-order valence-electron chi connectivity index (χ2n) is 8.97. The van der Waals surface area contributed by atoms with E-state index in [1.165, 1.54) is 23.9 Å². The van der Waals surface area contributed by atoms with Gasteiger partial charge in [0, 0.05) is 25.8 Å². The van der Waals surface area contributed by atoms with Crippen molar-refractivity contribution < 1.29 is 23.4 Å². The van der Waals surface area contributed by atoms with E-state index < -0.39 is 44.1 Å². The number of rotatable bonds is 8. The Bertz CT molecular complexity index is 843. The van der Waals surface area contributed by atoms with E-state index in [4.69, 9.17) is 18.6 Å². The van der Waals surface area contributed by atoms with Gasteiger partial charge in [0.25, 0.3) is 5.56 Å². The molecule has 1 unspecified atom stereocenters. The topological polar surface area (TPSA) is 109 Å². The van der Waals surface area contributed by atoms with Gasteiger partial charge in [-0.3, -0.25) is 19.1 Å². The van der Waals surface area contributed by atoms with E-state index in [9.17, 15) is 14.4 Å². The third-order valence-corrected chi connectivity index (χ3v) is 10.3. The van der Waals surface area contributed by atoms with Crippen molar-refractivity contribution in [1.82, 2.24) is 9.55 Å². The second kappa shape index (κ2) is 9.59. The van der Waals surface area contributed by atoms with Gasteiger partial charge < -0.3 is 18.6 Å². The lowest BCUT2D eigenvalue weighted by atomic mass is 10.1. The zero-order chi connectivity index (χ0) is 22.7. The number of nitrogens with one attached hydrogen (secondary N) is 1. The first-order valence-corrected chi connectivity index (χ1v) is 13.1. The summed E-state index contributed by atoms with van der Waals surface area (Å²) in [5.74, 6) is -0.314. The molecule has 10 heteroatoms. The number of aromatic nitrogens is 2. The molecule has 0 amide bonds. The van der Waals surface area contributed by atoms with Crippen LogP contribution in [-0.2, 0) is 23.4 Å². The van der Waals surface area contributed by atoms with Crippen molar-refractivity contribution in [2.24, 2.45) is 0 Å². The molecule has 9 nitrogen and oxygen atoms in total. The molecule has 0 aliphatic carbocycles. The highest BCUT2D eigenvalue weighted by atomic mass is 28.4. The van der Waals surface area contributed by atoms with Gasteiger partial charge in [-0.2, -0.15) is 0 Å². The minimum absolute atomic E-state index is 0.0517. The average molecular weight is 443 g/mol. The maximum Gasteiger partial charge on any atom is 0.330 e. The Hall–Kier alpha value is -1.75. The predicted molar refractivity (Wildman–Crippen MR) is 114 cm³/mol. The molecule has 0 spiro atoms. The predicted octanol–water partition coefficient (Wildman–Crippen LogP) is 2.18. The summed E-state index contributed by atoms with van der Waals surface area (Å²) in [6, 6.07) is 1.26. The van der Waals surface area contributed by atoms with Gasteiger partial charge in [-0.05, 0) is 31.5 Å². The highest BCUT2D eigenvalue weighted by Crippen LogP contribution is 2.42. The van der Waals surface area contributed by atoms with Crippen LogP contribution in [0.25, 0.3) is 0 Å². The fourth-order valence-corrected chi connectivity index (χ4v) is 4.52. The summed E-state index contributed by atoms with van der Waals surface area (Å²) in [6.45, 7) is 12.7. The molecular weight excluding hydrogens is 408 g/mol. The number of ether oxygens (including phenoxy) is 3. The monoisotopic (exact) mass is 442 g/mol. The van der Waals surface area contributed by atoms with Crippen molar-refractivity contribution in [3.8, 4) is 0 Å². The average Bonchev–Trinajstić information content (AvgIpc) is 2.95. The number of carbonyl (C=O) groups is 1. The van der Waals surface area contributed by atoms with Gasteiger partial charge in [0.15, 0.2) is 14.5 Å². The summed E-state index contributed by atoms with van der Waals surface area (Å²) >= 11 is 0. The van der Waals surface area contributed by atoms with Crippen molar-refractivity contribution in [1.29, 1.82) is 0 Å². The van der Waals surface area contributed by atoms with E-state index in [1.54, 1.807) is 6.92 Å². The number of esters is 1. The Labute approximate surface area is 177 Å². The van der Waals surface area contributed by atoms with Crippen LogP contribution in [0.2, 0.25) is 18.1 Å². The van der Waals surface area contributed by atoms with Crippen molar-refractivity contribution in [2.45, 2.75) is 83.2 Å². The van der Waals surface area contributed by atoms with Gasteiger partial charge in [-0.15, -0.1) is 0 Å². The van der Waals surface area contributed by atoms with Crippen LogP contribution in [0.4, 0.5) is 0 Å². The fourth-order valence-electron chi connectivity index (χ4n) is 3.20. The molecule has 0 saturated carbocycles. The minimum Gasteiger partial charge on any atom is -0.466 e. The smallest absolute Gasteiger partial charge is 0.330 e. The molecule has 0 radical (unpaired) electrons. The molecule has 2 rings (SSSR count). The standard InChI is InChI=1S/C20H34N2O7Si/c1-8-27-15(24)10-9-13-16(29-30(6,7)20(2,3)4)17(26-5)18(28-13)22-12-11-14(23)21-19(22)25/h11-13,16-18H,8-10H2,1-7H3,(H,21,23,25)/t13-,16?,17-,18-/m1/s1. The Morgan fingerprint density at radius 2 is 1.93 bits per heavy atom. The van der Waals surface area contributed by atoms with Crippen molar-refractivity contribution in [2.75, 3.05) is 13.7 Å². The maximum absolute atomic E-state index is 12.4. The van der Waals surface area contributed by atoms with Gasteiger partial charge in [0.1, 0.15) is 12.2 Å². The molecule has 1 aromatic heterocycles. The van der Waals surface area contributed by atoms with Crippen LogP contribution in [0, 0.1) is 0 Å². The quantitative estimate of drug-likeness (QED) is 0.485. The lowest BCUT2D eigenvalue weighted by Gasteiger charge is -2.40. The van der Waals surface area contributed by atoms with Gasteiger partial charge in [-0.25, -0.2) is 4.79 Å². The summed E-state index contributed by atoms with van der Waals surface area (Å²) in [5, 5.41) is -0.0517. The lowest BCUT2D eigenvalue weighted by Crippen LogP contribution is -2.50. The van der Waals surface area contributed by atoms with Crippen molar-refractivity contribution >= 4 is 14.3 Å². The normalized spacial score (nSPS) is 24.8. The number of H-pyrrole nitrogens is 1. The van der Waals surface area contributed by atoms with Crippen LogP contribution in [0.15, 0.2) is 21.9 Å². The Morgan fingerprint density at radius 3 is 2.47 bits per heavy atom. The Kier molecular flexibility index (Phi) is 7.83. The van der Waals surface area contributed by atoms with Gasteiger partial charge in [-0.1, -0.05) is 20.8 Å². The molecule has 1 saturated heterocycles. The van der Waals surface area contributed by atoms with Gasteiger partial charge in [0.2, 0.25) is 0 Å². The molecule has 2 heterocycles. The summed E-state index contributed by atoms with van der Waals surface area (Å²) in [7, 11) is -0.680. The van der Waals surface area contributed by atoms with Crippen molar-refractivity contribution in [3.63, 3.8) is 0 Å². The van der Waals surface area contributed by atoms with Gasteiger partial charge >= 0.3 is 11.7 Å². The largest absolute Gasteiger partial charge is 0.466 e. The number of hydrogen-bond donors (Lipinski definition) is 1. The SMILES string of the molecule is CCOC(=O)CC[C@H]1O[C@@H](n2ccc(=O)[nH]c2=O)[C@H](OC)C1O[Si](C)(C)C(C)(C)C. The van der Waals surface area contributed by atoms with E-state index in [-0.39, 0.29) is 17.4 Å². The Balaban J connectivity index is 2.37. The first-order valence-electron chi connectivity index (χ1n) is 10.2. The highest BCUT2D eigenvalue weighted by Gasteiger charge is 2.51. The number of nitrogens with zero attached hydrogens (tertiary/aromatic N) is 1. The second-order valence-corrected chi connectivity index (χ2v) is 13.7. The van der Waals surface area contributed by atoms with E-state index in [1.807, 2.05) is 0 Å². The van der Waals surface area contributed by atoms with Crippen LogP contribution in [0.3, 0.4) is 0 Å². The molecule has 1 N–H and O–H groups in total. The summed E-state index contributed by atoms with van der Waals surface area (Å²) in [6.07, 6.45) is -0.413. The third-order valence-electron chi connectivity index (χ3n) is 5.86. The van der Waals surface area contributed by atoms with Gasteiger partial charge in [0.05, 0.1) is 12.7 Å². The first kappa shape index (κ1) is 24.5. The van der Waals surface area contributed by atoms with E-state index >= 15 is 0 Å². The summed E-state index contributed by atoms with van der Waals surface area (Å²) in [4.78, 5) is 38.0. The molecule has 1 aliphatic rings. The zero-order valence-electron chi connectivity index (χ0n) is 18.9. The number of carbonyl (C=O) groups excluding carboxylic acids is 1. The highest BCUT2D eigenvalue weighted by molar-refractivity contribution is 6.74. The number of hydrogen-bond acceptors (Lipinski definition) is 7. The number of methoxy groups -OCH3 is 1. The van der Waals surface area contributed by atoms with E-state index in [0.717, 1.165) is 0 Å². The molecule has 30 heavy (non-hydrogen) atoms. The molecule has 0 aromatic carbocycles. The number of aromatic amines is 1. The minimum atomic E-state index is -2.22. The van der Waals surface area contributed by atoms with Crippen molar-refractivity contribution in [3.05, 3.63) is 33.1 Å². The zero-order valence-corrected chi connectivity index (χ0v) is 19.9. The lowest BCUT2D eigenvalue weighted by molar-refractivity contribution is -0.144. The summed E-state index contributed by atoms with van der Waals surface area (Å²) in [5.41, 5.74) is -1.08. The maximum atomic E-state index is 12.4. The van der Waals surface area contributed by atoms with Crippen LogP contribution in [-0.4, -0.2) is 55.9 Å². The van der Waals surface area contributed by atoms with E-state index in [0.29, 0.717) is 13.0 Å². The fraction of sp³-hybridized carbons (Fsp3) is 0.750. The molecule has 1 fully saturated rings. The molecule has 0 bridgehead atoms. The molecule has 1 aliphatic heterocycles. The van der Waals surface area contributed by atoms with Crippen LogP contribution in [0.1, 0.15) is 46.8 Å². The molecular formula is C20H34N2O7Si. The first-order chi connectivity index (χ1) is 13.9. The van der Waals surface area contributed by atoms with E-state index in [2.05, 4.69) is 38.8 Å². The molecule has 170 valence electrons. The molecule has 1 aromatic rings. The summed E-state index contributed by atoms with van der Waals surface area (Å²) < 4.78 is 24.9. The van der Waals surface area contributed by atoms with Crippen LogP contribution in [0.5, 0.6) is 0 Å². The molecule has 4 atom stereocenters. The Morgan fingerprint density at radius 1 is 1.27 bits per heavy atom.